The first-order chi connectivity index (χ1) is 15.4. The summed E-state index contributed by atoms with van der Waals surface area (Å²) in [5.41, 5.74) is 2.61. The Morgan fingerprint density at radius 1 is 1.09 bits per heavy atom. The summed E-state index contributed by atoms with van der Waals surface area (Å²) in [7, 11) is 0. The third-order valence-electron chi connectivity index (χ3n) is 6.51. The molecule has 2 aromatic rings. The second kappa shape index (κ2) is 8.20. The number of nitrogens with zero attached hydrogens (tertiary/aromatic N) is 2. The zero-order chi connectivity index (χ0) is 24.0. The van der Waals surface area contributed by atoms with Crippen molar-refractivity contribution in [2.24, 2.45) is 4.99 Å². The fraction of sp³-hybridized carbons (Fsp3) is 0.423. The highest BCUT2D eigenvalue weighted by atomic mass is 19.4. The summed E-state index contributed by atoms with van der Waals surface area (Å²) < 4.78 is 42.7. The van der Waals surface area contributed by atoms with Crippen molar-refractivity contribution < 1.29 is 17.9 Å². The molecule has 2 aliphatic rings. The number of ether oxygens (including phenoxy) is 1. The Hall–Kier alpha value is -2.80. The zero-order valence-corrected chi connectivity index (χ0v) is 19.5. The van der Waals surface area contributed by atoms with E-state index in [9.17, 15) is 13.2 Å². The molecule has 2 atom stereocenters. The molecule has 0 amide bonds. The molecule has 1 spiro atoms. The molecule has 2 aromatic carbocycles. The molecule has 0 saturated carbocycles. The molecular weight excluding hydrogens is 427 g/mol. The van der Waals surface area contributed by atoms with Crippen molar-refractivity contribution in [1.82, 2.24) is 10.2 Å². The van der Waals surface area contributed by atoms with Crippen LogP contribution in [0.25, 0.3) is 11.1 Å². The molecule has 2 heterocycles. The van der Waals surface area contributed by atoms with Crippen LogP contribution in [0.1, 0.15) is 46.1 Å². The maximum Gasteiger partial charge on any atom is 0.573 e. The van der Waals surface area contributed by atoms with E-state index < -0.39 is 11.9 Å². The van der Waals surface area contributed by atoms with E-state index in [4.69, 9.17) is 4.99 Å². The second-order valence-corrected chi connectivity index (χ2v) is 9.88. The molecule has 176 valence electrons. The highest BCUT2D eigenvalue weighted by Gasteiger charge is 2.46. The molecule has 2 unspecified atom stereocenters. The number of hydrogen-bond acceptors (Lipinski definition) is 4. The summed E-state index contributed by atoms with van der Waals surface area (Å²) in [4.78, 5) is 7.59. The van der Waals surface area contributed by atoms with E-state index in [1.54, 1.807) is 6.07 Å². The first kappa shape index (κ1) is 23.4. The number of aliphatic imine (C=N–C) groups is 1. The minimum atomic E-state index is -4.76. The van der Waals surface area contributed by atoms with Crippen LogP contribution < -0.4 is 10.1 Å². The van der Waals surface area contributed by atoms with Gasteiger partial charge in [-0.05, 0) is 69.9 Å². The van der Waals surface area contributed by atoms with E-state index in [-0.39, 0.29) is 11.3 Å². The first-order valence-corrected chi connectivity index (χ1v) is 11.2. The monoisotopic (exact) mass is 457 g/mol. The van der Waals surface area contributed by atoms with Gasteiger partial charge in [0.1, 0.15) is 17.1 Å². The normalized spacial score (nSPS) is 24.0. The predicted octanol–water partition coefficient (Wildman–Crippen LogP) is 6.14. The number of likely N-dealkylation sites (tertiary alicyclic amines) is 1. The number of amidine groups is 1. The molecule has 2 aliphatic heterocycles. The Morgan fingerprint density at radius 2 is 1.79 bits per heavy atom. The van der Waals surface area contributed by atoms with Crippen LogP contribution in [-0.4, -0.2) is 40.8 Å². The van der Waals surface area contributed by atoms with E-state index in [2.05, 4.69) is 49.2 Å². The lowest BCUT2D eigenvalue weighted by atomic mass is 9.80. The SMILES string of the molecule is C=C1NC(c2ccc(OC(F)(F)F)cc2-c2ccccc2)=NC12CCN(C(C)(C)C)C(C)C2. The number of rotatable bonds is 3. The summed E-state index contributed by atoms with van der Waals surface area (Å²) >= 11 is 0. The van der Waals surface area contributed by atoms with E-state index in [1.165, 1.54) is 12.1 Å². The van der Waals surface area contributed by atoms with Crippen molar-refractivity contribution in [1.29, 1.82) is 0 Å². The van der Waals surface area contributed by atoms with Gasteiger partial charge in [-0.15, -0.1) is 13.2 Å². The highest BCUT2D eigenvalue weighted by molar-refractivity contribution is 6.07. The van der Waals surface area contributed by atoms with Crippen LogP contribution >= 0.6 is 0 Å². The van der Waals surface area contributed by atoms with Gasteiger partial charge < -0.3 is 10.1 Å². The predicted molar refractivity (Wildman–Crippen MR) is 125 cm³/mol. The standard InChI is InChI=1S/C26H30F3N3O/c1-17-16-25(13-14-32(17)24(3,4)5)18(2)30-23(31-25)21-12-11-20(33-26(27,28)29)15-22(21)19-9-7-6-8-10-19/h6-12,15,17H,2,13-14,16H2,1,3-5H3,(H,30,31). The molecule has 0 bridgehead atoms. The lowest BCUT2D eigenvalue weighted by Crippen LogP contribution is -2.55. The Kier molecular flexibility index (Phi) is 5.81. The summed E-state index contributed by atoms with van der Waals surface area (Å²) in [6.45, 7) is 14.0. The smallest absolute Gasteiger partial charge is 0.406 e. The van der Waals surface area contributed by atoms with Crippen LogP contribution in [0, 0.1) is 0 Å². The van der Waals surface area contributed by atoms with Crippen molar-refractivity contribution in [3.63, 3.8) is 0 Å². The maximum atomic E-state index is 12.8. The van der Waals surface area contributed by atoms with Gasteiger partial charge in [0.2, 0.25) is 0 Å². The number of alkyl halides is 3. The Morgan fingerprint density at radius 3 is 2.39 bits per heavy atom. The van der Waals surface area contributed by atoms with Gasteiger partial charge >= 0.3 is 6.36 Å². The van der Waals surface area contributed by atoms with Crippen molar-refractivity contribution >= 4 is 5.84 Å². The van der Waals surface area contributed by atoms with Crippen molar-refractivity contribution in [2.75, 3.05) is 6.54 Å². The lowest BCUT2D eigenvalue weighted by molar-refractivity contribution is -0.274. The molecule has 7 heteroatoms. The van der Waals surface area contributed by atoms with Crippen molar-refractivity contribution in [2.45, 2.75) is 64.0 Å². The summed E-state index contributed by atoms with van der Waals surface area (Å²) in [6, 6.07) is 14.0. The number of hydrogen-bond donors (Lipinski definition) is 1. The van der Waals surface area contributed by atoms with E-state index in [0.717, 1.165) is 36.2 Å². The van der Waals surface area contributed by atoms with E-state index in [1.807, 2.05) is 30.3 Å². The number of benzene rings is 2. The molecule has 1 saturated heterocycles. The summed E-state index contributed by atoms with van der Waals surface area (Å²) in [5.74, 6) is 0.373. The Bertz CT molecular complexity index is 1070. The maximum absolute atomic E-state index is 12.8. The van der Waals surface area contributed by atoms with Gasteiger partial charge in [-0.2, -0.15) is 0 Å². The lowest BCUT2D eigenvalue weighted by Gasteiger charge is -2.48. The summed E-state index contributed by atoms with van der Waals surface area (Å²) in [6.07, 6.45) is -3.09. The molecule has 1 N–H and O–H groups in total. The third kappa shape index (κ3) is 4.78. The van der Waals surface area contributed by atoms with Crippen molar-refractivity contribution in [3.05, 3.63) is 66.4 Å². The Balaban J connectivity index is 1.72. The van der Waals surface area contributed by atoms with Gasteiger partial charge in [0.15, 0.2) is 0 Å². The van der Waals surface area contributed by atoms with Crippen LogP contribution in [-0.2, 0) is 0 Å². The Labute approximate surface area is 193 Å². The fourth-order valence-corrected chi connectivity index (χ4v) is 5.08. The molecule has 1 fully saturated rings. The molecule has 4 rings (SSSR count). The van der Waals surface area contributed by atoms with Crippen LogP contribution in [0.15, 0.2) is 65.8 Å². The van der Waals surface area contributed by atoms with Crippen LogP contribution in [0.2, 0.25) is 0 Å². The van der Waals surface area contributed by atoms with Gasteiger partial charge in [0, 0.05) is 29.4 Å². The first-order valence-electron chi connectivity index (χ1n) is 11.2. The van der Waals surface area contributed by atoms with Crippen LogP contribution in [0.3, 0.4) is 0 Å². The third-order valence-corrected chi connectivity index (χ3v) is 6.51. The average molecular weight is 458 g/mol. The zero-order valence-electron chi connectivity index (χ0n) is 19.5. The highest BCUT2D eigenvalue weighted by Crippen LogP contribution is 2.41. The number of piperidine rings is 1. The van der Waals surface area contributed by atoms with Crippen molar-refractivity contribution in [3.8, 4) is 16.9 Å². The fourth-order valence-electron chi connectivity index (χ4n) is 5.08. The molecule has 0 radical (unpaired) electrons. The minimum absolute atomic E-state index is 0.0652. The minimum Gasteiger partial charge on any atom is -0.406 e. The number of halogens is 3. The van der Waals surface area contributed by atoms with Gasteiger partial charge in [0.25, 0.3) is 0 Å². The van der Waals surface area contributed by atoms with Crippen LogP contribution in [0.4, 0.5) is 13.2 Å². The molecular formula is C26H30F3N3O. The average Bonchev–Trinajstić information content (AvgIpc) is 3.01. The molecule has 0 aromatic heterocycles. The van der Waals surface area contributed by atoms with Gasteiger partial charge in [-0.1, -0.05) is 36.9 Å². The van der Waals surface area contributed by atoms with E-state index in [0.29, 0.717) is 17.4 Å². The van der Waals surface area contributed by atoms with Crippen LogP contribution in [0.5, 0.6) is 5.75 Å². The van der Waals surface area contributed by atoms with Gasteiger partial charge in [-0.25, -0.2) is 0 Å². The molecule has 4 nitrogen and oxygen atoms in total. The molecule has 33 heavy (non-hydrogen) atoms. The topological polar surface area (TPSA) is 36.9 Å². The van der Waals surface area contributed by atoms with Gasteiger partial charge in [-0.3, -0.25) is 9.89 Å². The quantitative estimate of drug-likeness (QED) is 0.602. The van der Waals surface area contributed by atoms with Gasteiger partial charge in [0.05, 0.1) is 0 Å². The second-order valence-electron chi connectivity index (χ2n) is 9.88. The number of nitrogens with one attached hydrogen (secondary N) is 1. The summed E-state index contributed by atoms with van der Waals surface area (Å²) in [5, 5.41) is 3.36. The van der Waals surface area contributed by atoms with E-state index >= 15 is 0 Å². The molecule has 0 aliphatic carbocycles. The largest absolute Gasteiger partial charge is 0.573 e.